The number of pyridine rings is 1. The molecule has 0 spiro atoms. The Labute approximate surface area is 103 Å². The third kappa shape index (κ3) is 3.73. The third-order valence-electron chi connectivity index (χ3n) is 2.85. The van der Waals surface area contributed by atoms with E-state index in [2.05, 4.69) is 30.8 Å². The summed E-state index contributed by atoms with van der Waals surface area (Å²) in [6, 6.07) is 0. The molecule has 0 atom stereocenters. The van der Waals surface area contributed by atoms with Crippen LogP contribution in [0.4, 0.5) is 5.69 Å². The molecule has 94 valence electrons. The Morgan fingerprint density at radius 2 is 1.76 bits per heavy atom. The van der Waals surface area contributed by atoms with Gasteiger partial charge in [0.15, 0.2) is 0 Å². The summed E-state index contributed by atoms with van der Waals surface area (Å²) < 4.78 is 0. The van der Waals surface area contributed by atoms with Crippen molar-refractivity contribution < 1.29 is 4.79 Å². The number of carbonyl (C=O) groups is 1. The highest BCUT2D eigenvalue weighted by atomic mass is 16.1. The van der Waals surface area contributed by atoms with E-state index < -0.39 is 0 Å². The van der Waals surface area contributed by atoms with Crippen molar-refractivity contribution in [3.8, 4) is 0 Å². The van der Waals surface area contributed by atoms with Crippen LogP contribution in [0.15, 0.2) is 12.4 Å². The number of aromatic nitrogens is 1. The molecule has 0 N–H and O–H groups in total. The van der Waals surface area contributed by atoms with Crippen LogP contribution in [0.25, 0.3) is 0 Å². The van der Waals surface area contributed by atoms with Gasteiger partial charge in [0.2, 0.25) is 6.41 Å². The van der Waals surface area contributed by atoms with Crippen LogP contribution in [0.1, 0.15) is 17.5 Å². The van der Waals surface area contributed by atoms with Crippen LogP contribution >= 0.6 is 0 Å². The van der Waals surface area contributed by atoms with Gasteiger partial charge in [-0.15, -0.1) is 0 Å². The minimum Gasteiger partial charge on any atom is -0.374 e. The zero-order valence-electron chi connectivity index (χ0n) is 11.1. The van der Waals surface area contributed by atoms with Crippen molar-refractivity contribution in [2.45, 2.75) is 20.3 Å². The molecule has 1 aromatic rings. The van der Waals surface area contributed by atoms with Gasteiger partial charge in [-0.2, -0.15) is 0 Å². The fourth-order valence-electron chi connectivity index (χ4n) is 2.02. The monoisotopic (exact) mass is 235 g/mol. The maximum atomic E-state index is 10.5. The van der Waals surface area contributed by atoms with Crippen LogP contribution in [0.2, 0.25) is 0 Å². The number of carbonyl (C=O) groups excluding carboxylic acids is 1. The summed E-state index contributed by atoms with van der Waals surface area (Å²) in [6.45, 7) is 5.87. The molecule has 0 bridgehead atoms. The second-order valence-electron chi connectivity index (χ2n) is 4.48. The second-order valence-corrected chi connectivity index (χ2v) is 4.48. The summed E-state index contributed by atoms with van der Waals surface area (Å²) >= 11 is 0. The van der Waals surface area contributed by atoms with Crippen LogP contribution in [0, 0.1) is 13.8 Å². The smallest absolute Gasteiger partial charge is 0.209 e. The molecule has 0 aliphatic heterocycles. The highest BCUT2D eigenvalue weighted by Gasteiger charge is 2.08. The highest BCUT2D eigenvalue weighted by Crippen LogP contribution is 2.22. The first kappa shape index (κ1) is 13.5. The normalized spacial score (nSPS) is 10.1. The molecule has 1 aromatic heterocycles. The molecule has 4 heteroatoms. The van der Waals surface area contributed by atoms with Gasteiger partial charge in [-0.3, -0.25) is 9.78 Å². The van der Waals surface area contributed by atoms with Crippen molar-refractivity contribution in [1.82, 2.24) is 9.88 Å². The van der Waals surface area contributed by atoms with Gasteiger partial charge >= 0.3 is 0 Å². The van der Waals surface area contributed by atoms with Crippen LogP contribution in [0.3, 0.4) is 0 Å². The lowest BCUT2D eigenvalue weighted by atomic mass is 10.1. The molecule has 4 nitrogen and oxygen atoms in total. The molecule has 1 heterocycles. The SMILES string of the molecule is Cc1cncc(C)c1N(C)CCCN(C)C=O. The summed E-state index contributed by atoms with van der Waals surface area (Å²) in [5.41, 5.74) is 3.63. The summed E-state index contributed by atoms with van der Waals surface area (Å²) in [7, 11) is 3.88. The van der Waals surface area contributed by atoms with E-state index >= 15 is 0 Å². The van der Waals surface area contributed by atoms with Crippen LogP contribution in [0.5, 0.6) is 0 Å². The molecule has 1 rings (SSSR count). The number of amides is 1. The average Bonchev–Trinajstić information content (AvgIpc) is 2.28. The molecule has 0 fully saturated rings. The molecule has 0 saturated carbocycles. The Morgan fingerprint density at radius 1 is 1.18 bits per heavy atom. The van der Waals surface area contributed by atoms with E-state index in [9.17, 15) is 4.79 Å². The molecule has 0 saturated heterocycles. The van der Waals surface area contributed by atoms with E-state index in [-0.39, 0.29) is 0 Å². The Hall–Kier alpha value is -1.58. The van der Waals surface area contributed by atoms with Gasteiger partial charge in [-0.1, -0.05) is 0 Å². The molecule has 0 aliphatic carbocycles. The molecule has 17 heavy (non-hydrogen) atoms. The second kappa shape index (κ2) is 6.23. The van der Waals surface area contributed by atoms with Crippen molar-refractivity contribution >= 4 is 12.1 Å². The number of hydrogen-bond donors (Lipinski definition) is 0. The predicted octanol–water partition coefficient (Wildman–Crippen LogP) is 1.61. The summed E-state index contributed by atoms with van der Waals surface area (Å²) in [4.78, 5) is 18.5. The van der Waals surface area contributed by atoms with Crippen molar-refractivity contribution in [3.63, 3.8) is 0 Å². The van der Waals surface area contributed by atoms with Gasteiger partial charge in [0.25, 0.3) is 0 Å². The van der Waals surface area contributed by atoms with E-state index in [1.807, 2.05) is 12.4 Å². The molecular formula is C13H21N3O. The largest absolute Gasteiger partial charge is 0.374 e. The Bertz CT molecular complexity index is 359. The lowest BCUT2D eigenvalue weighted by Crippen LogP contribution is -2.25. The number of hydrogen-bond acceptors (Lipinski definition) is 3. The molecular weight excluding hydrogens is 214 g/mol. The van der Waals surface area contributed by atoms with Crippen LogP contribution in [-0.4, -0.2) is 43.5 Å². The first-order valence-corrected chi connectivity index (χ1v) is 5.84. The van der Waals surface area contributed by atoms with Crippen molar-refractivity contribution in [2.75, 3.05) is 32.1 Å². The third-order valence-corrected chi connectivity index (χ3v) is 2.85. The lowest BCUT2D eigenvalue weighted by molar-refractivity contribution is -0.117. The van der Waals surface area contributed by atoms with Gasteiger partial charge in [0.1, 0.15) is 0 Å². The quantitative estimate of drug-likeness (QED) is 0.703. The first-order valence-electron chi connectivity index (χ1n) is 5.84. The van der Waals surface area contributed by atoms with Gasteiger partial charge in [0, 0.05) is 45.3 Å². The average molecular weight is 235 g/mol. The molecule has 1 amide bonds. The van der Waals surface area contributed by atoms with Gasteiger partial charge in [-0.05, 0) is 31.4 Å². The first-order chi connectivity index (χ1) is 8.06. The van der Waals surface area contributed by atoms with Gasteiger partial charge in [-0.25, -0.2) is 0 Å². The summed E-state index contributed by atoms with van der Waals surface area (Å²) in [6.07, 6.45) is 5.60. The molecule has 0 aromatic carbocycles. The van der Waals surface area contributed by atoms with E-state index in [0.717, 1.165) is 25.9 Å². The predicted molar refractivity (Wildman–Crippen MR) is 70.3 cm³/mol. The standard InChI is InChI=1S/C13H21N3O/c1-11-8-14-9-12(2)13(11)16(4)7-5-6-15(3)10-17/h8-10H,5-7H2,1-4H3. The Balaban J connectivity index is 2.58. The maximum Gasteiger partial charge on any atom is 0.209 e. The number of anilines is 1. The Kier molecular flexibility index (Phi) is 4.94. The minimum absolute atomic E-state index is 0.789. The summed E-state index contributed by atoms with van der Waals surface area (Å²) in [5.74, 6) is 0. The van der Waals surface area contributed by atoms with E-state index in [1.165, 1.54) is 16.8 Å². The van der Waals surface area contributed by atoms with Crippen molar-refractivity contribution in [3.05, 3.63) is 23.5 Å². The van der Waals surface area contributed by atoms with E-state index in [4.69, 9.17) is 0 Å². The molecule has 0 aliphatic rings. The van der Waals surface area contributed by atoms with E-state index in [0.29, 0.717) is 0 Å². The minimum atomic E-state index is 0.789. The fraction of sp³-hybridized carbons (Fsp3) is 0.538. The number of rotatable bonds is 6. The van der Waals surface area contributed by atoms with Crippen LogP contribution in [-0.2, 0) is 4.79 Å². The summed E-state index contributed by atoms with van der Waals surface area (Å²) in [5, 5.41) is 0. The number of nitrogens with zero attached hydrogens (tertiary/aromatic N) is 3. The fourth-order valence-corrected chi connectivity index (χ4v) is 2.02. The lowest BCUT2D eigenvalue weighted by Gasteiger charge is -2.24. The highest BCUT2D eigenvalue weighted by molar-refractivity contribution is 5.56. The number of aryl methyl sites for hydroxylation is 2. The maximum absolute atomic E-state index is 10.5. The Morgan fingerprint density at radius 3 is 2.29 bits per heavy atom. The van der Waals surface area contributed by atoms with Gasteiger partial charge < -0.3 is 9.80 Å². The zero-order valence-corrected chi connectivity index (χ0v) is 11.1. The topological polar surface area (TPSA) is 36.4 Å². The van der Waals surface area contributed by atoms with E-state index in [1.54, 1.807) is 11.9 Å². The molecule has 0 radical (unpaired) electrons. The molecule has 0 unspecified atom stereocenters. The zero-order chi connectivity index (χ0) is 12.8. The van der Waals surface area contributed by atoms with Gasteiger partial charge in [0.05, 0.1) is 0 Å². The van der Waals surface area contributed by atoms with Crippen molar-refractivity contribution in [1.29, 1.82) is 0 Å². The van der Waals surface area contributed by atoms with Crippen LogP contribution < -0.4 is 4.90 Å². The van der Waals surface area contributed by atoms with Crippen molar-refractivity contribution in [2.24, 2.45) is 0 Å².